The van der Waals surface area contributed by atoms with Crippen LogP contribution in [-0.4, -0.2) is 23.5 Å². The first-order chi connectivity index (χ1) is 16.7. The maximum Gasteiger partial charge on any atom is 0.283 e. The average Bonchev–Trinajstić information content (AvgIpc) is 3.04. The minimum atomic E-state index is -0.743. The molecule has 7 nitrogen and oxygen atoms in total. The number of hydrogen-bond donors (Lipinski definition) is 2. The lowest BCUT2D eigenvalue weighted by molar-refractivity contribution is -0.120. The number of hydrogen-bond acceptors (Lipinski definition) is 5. The highest BCUT2D eigenvalue weighted by Gasteiger charge is 2.40. The van der Waals surface area contributed by atoms with E-state index in [0.717, 1.165) is 4.90 Å². The number of rotatable bonds is 6. The van der Waals surface area contributed by atoms with Gasteiger partial charge in [0.25, 0.3) is 17.7 Å². The Hall–Kier alpha value is -3.65. The molecule has 4 rings (SSSR count). The van der Waals surface area contributed by atoms with Crippen molar-refractivity contribution in [2.45, 2.75) is 6.92 Å². The van der Waals surface area contributed by atoms with E-state index >= 15 is 0 Å². The second-order valence-corrected chi connectivity index (χ2v) is 8.75. The topological polar surface area (TPSA) is 95.6 Å². The Morgan fingerprint density at radius 2 is 1.51 bits per heavy atom. The summed E-state index contributed by atoms with van der Waals surface area (Å²) < 4.78 is 0. The standard InChI is InChI=1S/C25H16Cl3N3O4/c1-13(32)15-3-2-4-18(11-15)30-23(33)14-5-8-17(9-6-14)29-22-21(28)24(34)31(25(22)35)20-12-16(26)7-10-19(20)27/h2-12,29H,1H3,(H,30,33). The number of halogens is 3. The number of carbonyl (C=O) groups is 4. The second-order valence-electron chi connectivity index (χ2n) is 7.52. The van der Waals surface area contributed by atoms with E-state index in [1.165, 1.54) is 37.3 Å². The van der Waals surface area contributed by atoms with Gasteiger partial charge in [0.15, 0.2) is 5.78 Å². The minimum absolute atomic E-state index is 0.111. The van der Waals surface area contributed by atoms with Crippen molar-refractivity contribution in [1.82, 2.24) is 0 Å². The average molecular weight is 529 g/mol. The molecular formula is C25H16Cl3N3O4. The Morgan fingerprint density at radius 3 is 2.20 bits per heavy atom. The van der Waals surface area contributed by atoms with Crippen molar-refractivity contribution in [2.24, 2.45) is 0 Å². The third-order valence-electron chi connectivity index (χ3n) is 5.12. The fourth-order valence-corrected chi connectivity index (χ4v) is 3.94. The van der Waals surface area contributed by atoms with Crippen molar-refractivity contribution in [1.29, 1.82) is 0 Å². The number of carbonyl (C=O) groups excluding carboxylic acids is 4. The summed E-state index contributed by atoms with van der Waals surface area (Å²) in [5.41, 5.74) is 1.71. The number of nitrogens with zero attached hydrogens (tertiary/aromatic N) is 1. The summed E-state index contributed by atoms with van der Waals surface area (Å²) in [7, 11) is 0. The van der Waals surface area contributed by atoms with Crippen LogP contribution < -0.4 is 15.5 Å². The summed E-state index contributed by atoms with van der Waals surface area (Å²) >= 11 is 18.3. The third-order valence-corrected chi connectivity index (χ3v) is 6.03. The second kappa shape index (κ2) is 9.92. The van der Waals surface area contributed by atoms with Crippen molar-refractivity contribution >= 4 is 75.4 Å². The fraction of sp³-hybridized carbons (Fsp3) is 0.0400. The van der Waals surface area contributed by atoms with Gasteiger partial charge in [0, 0.05) is 27.5 Å². The molecule has 1 aliphatic heterocycles. The van der Waals surface area contributed by atoms with Crippen LogP contribution in [0.15, 0.2) is 77.5 Å². The molecule has 3 aromatic rings. The van der Waals surface area contributed by atoms with Gasteiger partial charge in [0.1, 0.15) is 10.7 Å². The number of anilines is 3. The number of ketones is 1. The van der Waals surface area contributed by atoms with E-state index in [4.69, 9.17) is 34.8 Å². The van der Waals surface area contributed by atoms with Gasteiger partial charge in [-0.05, 0) is 61.5 Å². The molecule has 0 fully saturated rings. The largest absolute Gasteiger partial charge is 0.350 e. The maximum atomic E-state index is 13.0. The molecule has 0 unspecified atom stereocenters. The highest BCUT2D eigenvalue weighted by Crippen LogP contribution is 2.35. The molecule has 176 valence electrons. The Labute approximate surface area is 215 Å². The molecular weight excluding hydrogens is 513 g/mol. The van der Waals surface area contributed by atoms with Gasteiger partial charge in [-0.2, -0.15) is 0 Å². The van der Waals surface area contributed by atoms with Crippen LogP contribution in [0, 0.1) is 0 Å². The molecule has 0 saturated carbocycles. The summed E-state index contributed by atoms with van der Waals surface area (Å²) in [5.74, 6) is -1.94. The van der Waals surface area contributed by atoms with E-state index in [1.54, 1.807) is 36.4 Å². The maximum absolute atomic E-state index is 13.0. The van der Waals surface area contributed by atoms with Gasteiger partial charge in [0.2, 0.25) is 0 Å². The minimum Gasteiger partial charge on any atom is -0.350 e. The molecule has 1 aliphatic rings. The molecule has 0 aromatic heterocycles. The summed E-state index contributed by atoms with van der Waals surface area (Å²) in [5, 5.41) is 5.71. The normalized spacial score (nSPS) is 13.3. The van der Waals surface area contributed by atoms with Crippen LogP contribution in [0.5, 0.6) is 0 Å². The first-order valence-corrected chi connectivity index (χ1v) is 11.3. The number of Topliss-reactive ketones (excluding diaryl/α,β-unsaturated/α-hetero) is 1. The quantitative estimate of drug-likeness (QED) is 0.307. The molecule has 0 bridgehead atoms. The molecule has 0 radical (unpaired) electrons. The lowest BCUT2D eigenvalue weighted by Gasteiger charge is -2.17. The monoisotopic (exact) mass is 527 g/mol. The molecule has 3 aromatic carbocycles. The lowest BCUT2D eigenvalue weighted by Crippen LogP contribution is -2.32. The zero-order chi connectivity index (χ0) is 25.3. The Balaban J connectivity index is 1.49. The molecule has 0 aliphatic carbocycles. The van der Waals surface area contributed by atoms with Gasteiger partial charge in [0.05, 0.1) is 10.7 Å². The first kappa shape index (κ1) is 24.5. The number of amides is 3. The highest BCUT2D eigenvalue weighted by atomic mass is 35.5. The Bertz CT molecular complexity index is 1420. The summed E-state index contributed by atoms with van der Waals surface area (Å²) in [4.78, 5) is 50.6. The van der Waals surface area contributed by atoms with Crippen LogP contribution in [0.3, 0.4) is 0 Å². The fourth-order valence-electron chi connectivity index (χ4n) is 3.36. The van der Waals surface area contributed by atoms with E-state index in [-0.39, 0.29) is 33.1 Å². The number of benzene rings is 3. The van der Waals surface area contributed by atoms with Gasteiger partial charge < -0.3 is 10.6 Å². The molecule has 0 spiro atoms. The summed E-state index contributed by atoms with van der Waals surface area (Å²) in [6, 6.07) is 17.2. The van der Waals surface area contributed by atoms with E-state index in [9.17, 15) is 19.2 Å². The number of imide groups is 1. The van der Waals surface area contributed by atoms with Crippen molar-refractivity contribution in [3.63, 3.8) is 0 Å². The van der Waals surface area contributed by atoms with Crippen LogP contribution in [0.4, 0.5) is 17.1 Å². The van der Waals surface area contributed by atoms with Gasteiger partial charge in [-0.3, -0.25) is 19.2 Å². The van der Waals surface area contributed by atoms with Crippen LogP contribution in [-0.2, 0) is 9.59 Å². The van der Waals surface area contributed by atoms with E-state index in [2.05, 4.69) is 10.6 Å². The summed E-state index contributed by atoms with van der Waals surface area (Å²) in [6.07, 6.45) is 0. The molecule has 35 heavy (non-hydrogen) atoms. The molecule has 3 amide bonds. The van der Waals surface area contributed by atoms with E-state index < -0.39 is 11.8 Å². The van der Waals surface area contributed by atoms with Crippen molar-refractivity contribution < 1.29 is 19.2 Å². The lowest BCUT2D eigenvalue weighted by atomic mass is 10.1. The van der Waals surface area contributed by atoms with Crippen LogP contribution in [0.25, 0.3) is 0 Å². The molecule has 2 N–H and O–H groups in total. The van der Waals surface area contributed by atoms with Crippen LogP contribution in [0.1, 0.15) is 27.6 Å². The van der Waals surface area contributed by atoms with E-state index in [0.29, 0.717) is 27.5 Å². The third kappa shape index (κ3) is 5.07. The smallest absolute Gasteiger partial charge is 0.283 e. The predicted molar refractivity (Wildman–Crippen MR) is 136 cm³/mol. The van der Waals surface area contributed by atoms with Gasteiger partial charge in [-0.1, -0.05) is 46.9 Å². The van der Waals surface area contributed by atoms with Crippen LogP contribution >= 0.6 is 34.8 Å². The first-order valence-electron chi connectivity index (χ1n) is 10.2. The SMILES string of the molecule is CC(=O)c1cccc(NC(=O)c2ccc(NC3=C(Cl)C(=O)N(c4cc(Cl)ccc4Cl)C3=O)cc2)c1. The number of nitrogens with one attached hydrogen (secondary N) is 2. The van der Waals surface area contributed by atoms with Crippen molar-refractivity contribution in [3.05, 3.63) is 98.6 Å². The van der Waals surface area contributed by atoms with E-state index in [1.807, 2.05) is 0 Å². The molecule has 10 heteroatoms. The van der Waals surface area contributed by atoms with Gasteiger partial charge >= 0.3 is 0 Å². The predicted octanol–water partition coefficient (Wildman–Crippen LogP) is 5.88. The Kier molecular flexibility index (Phi) is 6.93. The molecule has 0 saturated heterocycles. The molecule has 1 heterocycles. The zero-order valence-corrected chi connectivity index (χ0v) is 20.3. The van der Waals surface area contributed by atoms with Gasteiger partial charge in [-0.25, -0.2) is 4.90 Å². The van der Waals surface area contributed by atoms with Crippen molar-refractivity contribution in [3.8, 4) is 0 Å². The zero-order valence-electron chi connectivity index (χ0n) is 18.1. The van der Waals surface area contributed by atoms with Crippen molar-refractivity contribution in [2.75, 3.05) is 15.5 Å². The van der Waals surface area contributed by atoms with Gasteiger partial charge in [-0.15, -0.1) is 0 Å². The highest BCUT2D eigenvalue weighted by molar-refractivity contribution is 6.54. The Morgan fingerprint density at radius 1 is 0.800 bits per heavy atom. The molecule has 0 atom stereocenters. The summed E-state index contributed by atoms with van der Waals surface area (Å²) in [6.45, 7) is 1.44. The van der Waals surface area contributed by atoms with Crippen LogP contribution in [0.2, 0.25) is 10.0 Å².